The molecule has 0 spiro atoms. The Kier molecular flexibility index (Phi) is 5.37. The molecule has 0 aliphatic carbocycles. The van der Waals surface area contributed by atoms with Gasteiger partial charge in [0.15, 0.2) is 0 Å². The maximum absolute atomic E-state index is 9.41. The van der Waals surface area contributed by atoms with Crippen molar-refractivity contribution in [2.75, 3.05) is 6.61 Å². The second-order valence-electron chi connectivity index (χ2n) is 6.18. The third-order valence-corrected chi connectivity index (χ3v) is 4.28. The number of benzene rings is 3. The lowest BCUT2D eigenvalue weighted by Gasteiger charge is -2.09. The van der Waals surface area contributed by atoms with E-state index in [0.717, 1.165) is 29.9 Å². The van der Waals surface area contributed by atoms with Gasteiger partial charge in [0.1, 0.15) is 11.5 Å². The minimum Gasteiger partial charge on any atom is -0.508 e. The van der Waals surface area contributed by atoms with Gasteiger partial charge in [-0.3, -0.25) is 0 Å². The molecule has 3 aromatic rings. The summed E-state index contributed by atoms with van der Waals surface area (Å²) in [5, 5.41) is 11.8. The van der Waals surface area contributed by atoms with Crippen LogP contribution >= 0.6 is 0 Å². The monoisotopic (exact) mass is 320 g/mol. The first-order valence-electron chi connectivity index (χ1n) is 8.72. The standard InChI is InChI=1S/C22H24O2/c1-2-3-4-5-14-24-22-13-10-19-15-18(6-7-20(19)16-22)17-8-11-21(23)12-9-17/h6-13,15-16,23H,2-5,14H2,1H3. The first kappa shape index (κ1) is 16.4. The smallest absolute Gasteiger partial charge is 0.119 e. The maximum Gasteiger partial charge on any atom is 0.119 e. The molecule has 3 aromatic carbocycles. The van der Waals surface area contributed by atoms with Crippen molar-refractivity contribution in [2.24, 2.45) is 0 Å². The van der Waals surface area contributed by atoms with Gasteiger partial charge in [0.05, 0.1) is 6.61 Å². The van der Waals surface area contributed by atoms with Gasteiger partial charge in [-0.15, -0.1) is 0 Å². The van der Waals surface area contributed by atoms with Crippen molar-refractivity contribution in [2.45, 2.75) is 32.6 Å². The lowest BCUT2D eigenvalue weighted by Crippen LogP contribution is -1.97. The molecule has 124 valence electrons. The quantitative estimate of drug-likeness (QED) is 0.527. The molecule has 2 nitrogen and oxygen atoms in total. The SMILES string of the molecule is CCCCCCOc1ccc2cc(-c3ccc(O)cc3)ccc2c1. The van der Waals surface area contributed by atoms with Crippen LogP contribution in [0.15, 0.2) is 60.7 Å². The van der Waals surface area contributed by atoms with Crippen molar-refractivity contribution in [3.63, 3.8) is 0 Å². The minimum absolute atomic E-state index is 0.292. The molecule has 0 saturated heterocycles. The first-order valence-corrected chi connectivity index (χ1v) is 8.72. The van der Waals surface area contributed by atoms with Crippen LogP contribution in [0.2, 0.25) is 0 Å². The molecule has 0 aliphatic rings. The van der Waals surface area contributed by atoms with Gasteiger partial charge >= 0.3 is 0 Å². The number of unbranched alkanes of at least 4 members (excludes halogenated alkanes) is 3. The fourth-order valence-electron chi connectivity index (χ4n) is 2.87. The third kappa shape index (κ3) is 4.08. The largest absolute Gasteiger partial charge is 0.508 e. The fraction of sp³-hybridized carbons (Fsp3) is 0.273. The first-order chi connectivity index (χ1) is 11.8. The van der Waals surface area contributed by atoms with Gasteiger partial charge in [0.2, 0.25) is 0 Å². The molecule has 0 heterocycles. The summed E-state index contributed by atoms with van der Waals surface area (Å²) in [6, 6.07) is 20.0. The summed E-state index contributed by atoms with van der Waals surface area (Å²) in [6.07, 6.45) is 4.88. The number of aromatic hydroxyl groups is 1. The Morgan fingerprint density at radius 3 is 2.25 bits per heavy atom. The zero-order valence-corrected chi connectivity index (χ0v) is 14.2. The molecule has 0 aromatic heterocycles. The Bertz CT molecular complexity index is 791. The second-order valence-corrected chi connectivity index (χ2v) is 6.18. The van der Waals surface area contributed by atoms with Crippen molar-refractivity contribution >= 4 is 10.8 Å². The van der Waals surface area contributed by atoms with Crippen LogP contribution < -0.4 is 4.74 Å². The van der Waals surface area contributed by atoms with Crippen LogP contribution in [0.5, 0.6) is 11.5 Å². The zero-order valence-electron chi connectivity index (χ0n) is 14.2. The Morgan fingerprint density at radius 2 is 1.46 bits per heavy atom. The normalized spacial score (nSPS) is 10.9. The number of ether oxygens (including phenoxy) is 1. The van der Waals surface area contributed by atoms with E-state index < -0.39 is 0 Å². The fourth-order valence-corrected chi connectivity index (χ4v) is 2.87. The molecular formula is C22H24O2. The topological polar surface area (TPSA) is 29.5 Å². The molecular weight excluding hydrogens is 296 g/mol. The molecule has 0 bridgehead atoms. The van der Waals surface area contributed by atoms with Gasteiger partial charge in [-0.1, -0.05) is 56.5 Å². The number of phenols is 1. The van der Waals surface area contributed by atoms with E-state index in [4.69, 9.17) is 4.74 Å². The third-order valence-electron chi connectivity index (χ3n) is 4.28. The molecule has 0 atom stereocenters. The van der Waals surface area contributed by atoms with Gasteiger partial charge in [-0.2, -0.15) is 0 Å². The maximum atomic E-state index is 9.41. The molecule has 3 rings (SSSR count). The van der Waals surface area contributed by atoms with Gasteiger partial charge < -0.3 is 9.84 Å². The Labute approximate surface area is 143 Å². The summed E-state index contributed by atoms with van der Waals surface area (Å²) in [6.45, 7) is 3.01. The molecule has 0 saturated carbocycles. The predicted molar refractivity (Wildman–Crippen MR) is 101 cm³/mol. The lowest BCUT2D eigenvalue weighted by molar-refractivity contribution is 0.305. The highest BCUT2D eigenvalue weighted by molar-refractivity contribution is 5.88. The van der Waals surface area contributed by atoms with Crippen molar-refractivity contribution in [3.8, 4) is 22.6 Å². The number of hydrogen-bond donors (Lipinski definition) is 1. The summed E-state index contributed by atoms with van der Waals surface area (Å²) in [5.41, 5.74) is 2.25. The Balaban J connectivity index is 1.72. The van der Waals surface area contributed by atoms with Gasteiger partial charge in [-0.25, -0.2) is 0 Å². The van der Waals surface area contributed by atoms with Crippen LogP contribution in [0, 0.1) is 0 Å². The highest BCUT2D eigenvalue weighted by Crippen LogP contribution is 2.28. The molecule has 24 heavy (non-hydrogen) atoms. The zero-order chi connectivity index (χ0) is 16.8. The van der Waals surface area contributed by atoms with E-state index in [0.29, 0.717) is 5.75 Å². The van der Waals surface area contributed by atoms with Crippen molar-refractivity contribution in [3.05, 3.63) is 60.7 Å². The summed E-state index contributed by atoms with van der Waals surface area (Å²) in [7, 11) is 0. The molecule has 0 radical (unpaired) electrons. The van der Waals surface area contributed by atoms with E-state index in [9.17, 15) is 5.11 Å². The summed E-state index contributed by atoms with van der Waals surface area (Å²) >= 11 is 0. The van der Waals surface area contributed by atoms with Crippen molar-refractivity contribution in [1.29, 1.82) is 0 Å². The van der Waals surface area contributed by atoms with Gasteiger partial charge in [-0.05, 0) is 58.7 Å². The molecule has 1 N–H and O–H groups in total. The molecule has 0 amide bonds. The number of rotatable bonds is 7. The average Bonchev–Trinajstić information content (AvgIpc) is 2.62. The average molecular weight is 320 g/mol. The minimum atomic E-state index is 0.292. The Hall–Kier alpha value is -2.48. The van der Waals surface area contributed by atoms with Crippen molar-refractivity contribution in [1.82, 2.24) is 0 Å². The molecule has 0 unspecified atom stereocenters. The summed E-state index contributed by atoms with van der Waals surface area (Å²) in [5.74, 6) is 1.23. The number of fused-ring (bicyclic) bond motifs is 1. The predicted octanol–water partition coefficient (Wildman–Crippen LogP) is 6.17. The summed E-state index contributed by atoms with van der Waals surface area (Å²) in [4.78, 5) is 0. The number of hydrogen-bond acceptors (Lipinski definition) is 2. The van der Waals surface area contributed by atoms with E-state index in [-0.39, 0.29) is 0 Å². The van der Waals surface area contributed by atoms with Gasteiger partial charge in [0.25, 0.3) is 0 Å². The van der Waals surface area contributed by atoms with E-state index >= 15 is 0 Å². The van der Waals surface area contributed by atoms with E-state index in [1.54, 1.807) is 12.1 Å². The number of phenolic OH excluding ortho intramolecular Hbond substituents is 1. The molecule has 2 heteroatoms. The molecule has 0 fully saturated rings. The van der Waals surface area contributed by atoms with Crippen LogP contribution in [0.3, 0.4) is 0 Å². The van der Waals surface area contributed by atoms with Crippen LogP contribution in [-0.2, 0) is 0 Å². The van der Waals surface area contributed by atoms with Crippen molar-refractivity contribution < 1.29 is 9.84 Å². The highest BCUT2D eigenvalue weighted by atomic mass is 16.5. The Morgan fingerprint density at radius 1 is 0.750 bits per heavy atom. The second kappa shape index (κ2) is 7.87. The van der Waals surface area contributed by atoms with Crippen LogP contribution in [0.25, 0.3) is 21.9 Å². The van der Waals surface area contributed by atoms with Crippen LogP contribution in [0.1, 0.15) is 32.6 Å². The van der Waals surface area contributed by atoms with E-state index in [2.05, 4.69) is 37.3 Å². The van der Waals surface area contributed by atoms with E-state index in [1.165, 1.54) is 30.0 Å². The van der Waals surface area contributed by atoms with Gasteiger partial charge in [0, 0.05) is 0 Å². The van der Waals surface area contributed by atoms with Crippen LogP contribution in [-0.4, -0.2) is 11.7 Å². The highest BCUT2D eigenvalue weighted by Gasteiger charge is 2.02. The molecule has 0 aliphatic heterocycles. The summed E-state index contributed by atoms with van der Waals surface area (Å²) < 4.78 is 5.86. The van der Waals surface area contributed by atoms with E-state index in [1.807, 2.05) is 18.2 Å². The lowest BCUT2D eigenvalue weighted by atomic mass is 10.0. The van der Waals surface area contributed by atoms with Crippen LogP contribution in [0.4, 0.5) is 0 Å².